The molecule has 0 N–H and O–H groups in total. The second-order valence-corrected chi connectivity index (χ2v) is 23.6. The lowest BCUT2D eigenvalue weighted by molar-refractivity contribution is -0.118. The van der Waals surface area contributed by atoms with Gasteiger partial charge >= 0.3 is 8.56 Å². The van der Waals surface area contributed by atoms with Crippen molar-refractivity contribution in [1.82, 2.24) is 0 Å². The Morgan fingerprint density at radius 1 is 0.491 bits per heavy atom. The van der Waals surface area contributed by atoms with Crippen LogP contribution in [-0.2, 0) is 18.4 Å². The monoisotopic (exact) mass is 756 g/mol. The first-order valence-electron chi connectivity index (χ1n) is 22.4. The number of fused-ring (bicyclic) bond motifs is 10. The lowest BCUT2D eigenvalue weighted by Crippen LogP contribution is -2.68. The maximum absolute atomic E-state index is 12.5. The Bertz CT molecular complexity index is 1760. The average molecular weight is 757 g/mol. The molecule has 0 bridgehead atoms. The summed E-state index contributed by atoms with van der Waals surface area (Å²) in [6, 6.07) is 22.4. The number of hydrogen-bond acceptors (Lipinski definition) is 4. The molecule has 0 aliphatic heterocycles. The Morgan fingerprint density at radius 2 is 0.909 bits per heavy atom. The molecular formula is C50H64O4Si. The molecule has 0 saturated heterocycles. The predicted molar refractivity (Wildman–Crippen MR) is 221 cm³/mol. The number of hydrogen-bond donors (Lipinski definition) is 0. The molecule has 6 saturated carbocycles. The van der Waals surface area contributed by atoms with E-state index in [1.807, 2.05) is 12.2 Å². The fraction of sp³-hybridized carbons (Fsp3) is 0.640. The molecular weight excluding hydrogens is 693 g/mol. The van der Waals surface area contributed by atoms with Crippen molar-refractivity contribution in [1.29, 1.82) is 0 Å². The largest absolute Gasteiger partial charge is 0.407 e. The molecule has 292 valence electrons. The minimum atomic E-state index is -3.21. The molecule has 4 nitrogen and oxygen atoms in total. The van der Waals surface area contributed by atoms with Crippen LogP contribution in [0.15, 0.2) is 84.0 Å². The molecule has 55 heavy (non-hydrogen) atoms. The summed E-state index contributed by atoms with van der Waals surface area (Å²) in [5.74, 6) is 4.74. The van der Waals surface area contributed by atoms with E-state index in [4.69, 9.17) is 8.85 Å². The van der Waals surface area contributed by atoms with Crippen LogP contribution < -0.4 is 10.4 Å². The summed E-state index contributed by atoms with van der Waals surface area (Å²) in [6.07, 6.45) is 22.1. The summed E-state index contributed by atoms with van der Waals surface area (Å²) in [7, 11) is -3.21. The van der Waals surface area contributed by atoms with E-state index in [-0.39, 0.29) is 33.9 Å². The van der Waals surface area contributed by atoms with Crippen LogP contribution in [0, 0.1) is 57.2 Å². The van der Waals surface area contributed by atoms with Crippen LogP contribution in [0.4, 0.5) is 0 Å². The van der Waals surface area contributed by atoms with Crippen molar-refractivity contribution in [3.8, 4) is 0 Å². The quantitative estimate of drug-likeness (QED) is 0.276. The number of carbonyl (C=O) groups is 2. The maximum Gasteiger partial charge on any atom is 0.407 e. The molecule has 0 heterocycles. The van der Waals surface area contributed by atoms with E-state index in [9.17, 15) is 9.59 Å². The van der Waals surface area contributed by atoms with Crippen molar-refractivity contribution in [2.24, 2.45) is 57.2 Å². The van der Waals surface area contributed by atoms with E-state index in [0.29, 0.717) is 47.1 Å². The van der Waals surface area contributed by atoms with Crippen LogP contribution >= 0.6 is 0 Å². The zero-order valence-corrected chi connectivity index (χ0v) is 35.0. The van der Waals surface area contributed by atoms with Crippen LogP contribution in [0.1, 0.15) is 130 Å². The Balaban J connectivity index is 0.984. The van der Waals surface area contributed by atoms with Gasteiger partial charge in [0, 0.05) is 12.8 Å². The molecule has 0 spiro atoms. The zero-order chi connectivity index (χ0) is 37.8. The summed E-state index contributed by atoms with van der Waals surface area (Å²) in [4.78, 5) is 25.0. The lowest BCUT2D eigenvalue weighted by atomic mass is 9.47. The maximum atomic E-state index is 12.5. The third-order valence-corrected chi connectivity index (χ3v) is 22.1. The number of allylic oxidation sites excluding steroid dienone is 2. The van der Waals surface area contributed by atoms with Gasteiger partial charge in [-0.05, 0) is 170 Å². The highest BCUT2D eigenvalue weighted by molar-refractivity contribution is 6.92. The van der Waals surface area contributed by atoms with E-state index in [2.05, 4.69) is 88.4 Å². The van der Waals surface area contributed by atoms with Gasteiger partial charge in [0.05, 0.1) is 12.2 Å². The summed E-state index contributed by atoms with van der Waals surface area (Å²) in [5, 5.41) is 2.50. The minimum absolute atomic E-state index is 0.110. The van der Waals surface area contributed by atoms with Crippen LogP contribution in [0.25, 0.3) is 0 Å². The van der Waals surface area contributed by atoms with Crippen LogP contribution in [0.5, 0.6) is 0 Å². The van der Waals surface area contributed by atoms with Crippen molar-refractivity contribution in [3.63, 3.8) is 0 Å². The van der Waals surface area contributed by atoms with Gasteiger partial charge in [-0.25, -0.2) is 0 Å². The van der Waals surface area contributed by atoms with Crippen LogP contribution in [-0.4, -0.2) is 32.3 Å². The Kier molecular flexibility index (Phi) is 8.82. The molecule has 12 atom stereocenters. The molecule has 6 fully saturated rings. The van der Waals surface area contributed by atoms with Gasteiger partial charge in [0.1, 0.15) is 0 Å². The smallest absolute Gasteiger partial charge is 0.384 e. The summed E-state index contributed by atoms with van der Waals surface area (Å²) < 4.78 is 16.2. The second kappa shape index (κ2) is 13.2. The van der Waals surface area contributed by atoms with E-state index >= 15 is 0 Å². The van der Waals surface area contributed by atoms with E-state index in [1.54, 1.807) is 0 Å². The highest BCUT2D eigenvalue weighted by atomic mass is 28.4. The molecule has 8 aliphatic carbocycles. The highest BCUT2D eigenvalue weighted by Crippen LogP contribution is 2.68. The van der Waals surface area contributed by atoms with Crippen molar-refractivity contribution >= 4 is 30.5 Å². The number of benzene rings is 2. The second-order valence-electron chi connectivity index (χ2n) is 20.7. The molecule has 5 heteroatoms. The van der Waals surface area contributed by atoms with E-state index in [1.165, 1.54) is 72.9 Å². The van der Waals surface area contributed by atoms with E-state index in [0.717, 1.165) is 51.4 Å². The normalized spacial score (nSPS) is 43.6. The summed E-state index contributed by atoms with van der Waals surface area (Å²) >= 11 is 0. The minimum Gasteiger partial charge on any atom is -0.384 e. The first kappa shape index (κ1) is 36.7. The molecule has 2 aromatic carbocycles. The van der Waals surface area contributed by atoms with Crippen molar-refractivity contribution in [2.75, 3.05) is 0 Å². The lowest BCUT2D eigenvalue weighted by Gasteiger charge is -2.59. The third kappa shape index (κ3) is 5.47. The third-order valence-electron chi connectivity index (χ3n) is 18.7. The van der Waals surface area contributed by atoms with Crippen molar-refractivity contribution in [2.45, 2.75) is 143 Å². The topological polar surface area (TPSA) is 52.6 Å². The van der Waals surface area contributed by atoms with Gasteiger partial charge in [0.2, 0.25) is 0 Å². The Morgan fingerprint density at radius 3 is 1.33 bits per heavy atom. The Hall–Kier alpha value is -2.60. The SMILES string of the molecule is C[C@]12CC[C@@H]3[C@H](CCC4=CC(=O)CC[C@@]43C)[C@H]1CC[C@H]2O[Si](O[C@@H]1CC[C@@H]2[C@@H]3CCC4=CC(=O)CC[C@@]4(C)[C@H]3CC[C@@]21C)(c1ccccc1)c1ccccc1. The first-order valence-corrected chi connectivity index (χ1v) is 24.2. The average Bonchev–Trinajstić information content (AvgIpc) is 3.71. The number of carbonyl (C=O) groups excluding carboxylic acids is 2. The molecule has 0 aromatic heterocycles. The Labute approximate surface area is 331 Å². The van der Waals surface area contributed by atoms with Gasteiger partial charge in [-0.2, -0.15) is 0 Å². The van der Waals surface area contributed by atoms with Gasteiger partial charge in [-0.3, -0.25) is 9.59 Å². The van der Waals surface area contributed by atoms with Gasteiger partial charge in [0.25, 0.3) is 0 Å². The summed E-state index contributed by atoms with van der Waals surface area (Å²) in [5.41, 5.74) is 3.50. The van der Waals surface area contributed by atoms with Gasteiger partial charge in [-0.1, -0.05) is 99.5 Å². The standard InChI is InChI=1S/C50H64O4Si/c1-47-27-23-35(51)31-33(47)15-17-39-41-19-21-45(49(41,3)29-25-43(39)47)53-55(37-11-7-5-8-12-37,38-13-9-6-10-14-38)54-46-22-20-42-40-18-16-34-32-36(52)24-28-48(34,2)44(40)26-30-50(42,46)4/h5-14,31-32,39-46H,15-30H2,1-4H3/t39-,40+,41-,42-,43-,44+,45-,46-,47+,48-,49+,50+/m1/s1. The summed E-state index contributed by atoms with van der Waals surface area (Å²) in [6.45, 7) is 10.2. The number of rotatable bonds is 6. The molecule has 0 amide bonds. The van der Waals surface area contributed by atoms with Gasteiger partial charge in [0.15, 0.2) is 11.6 Å². The number of ketones is 2. The predicted octanol–water partition coefficient (Wildman–Crippen LogP) is 10.1. The fourth-order valence-corrected chi connectivity index (χ4v) is 19.4. The molecule has 2 aromatic rings. The van der Waals surface area contributed by atoms with Crippen molar-refractivity contribution < 1.29 is 18.4 Å². The molecule has 8 aliphatic rings. The highest BCUT2D eigenvalue weighted by Gasteiger charge is 2.64. The molecule has 10 rings (SSSR count). The van der Waals surface area contributed by atoms with Gasteiger partial charge < -0.3 is 8.85 Å². The fourth-order valence-electron chi connectivity index (χ4n) is 15.6. The molecule has 0 radical (unpaired) electrons. The first-order chi connectivity index (χ1) is 26.5. The van der Waals surface area contributed by atoms with Crippen LogP contribution in [0.3, 0.4) is 0 Å². The van der Waals surface area contributed by atoms with Crippen molar-refractivity contribution in [3.05, 3.63) is 84.0 Å². The molecule has 0 unspecified atom stereocenters. The zero-order valence-electron chi connectivity index (χ0n) is 34.0. The van der Waals surface area contributed by atoms with Gasteiger partial charge in [-0.15, -0.1) is 0 Å². The van der Waals surface area contributed by atoms with Crippen LogP contribution in [0.2, 0.25) is 0 Å². The van der Waals surface area contributed by atoms with E-state index < -0.39 is 8.56 Å².